The van der Waals surface area contributed by atoms with Crippen molar-refractivity contribution in [3.63, 3.8) is 0 Å². The van der Waals surface area contributed by atoms with Crippen molar-refractivity contribution in [3.8, 4) is 0 Å². The molecule has 2 aliphatic carbocycles. The summed E-state index contributed by atoms with van der Waals surface area (Å²) in [7, 11) is 0. The number of hydrogen-bond acceptors (Lipinski definition) is 4. The molecule has 2 bridgehead atoms. The third kappa shape index (κ3) is 2.32. The molecule has 28 heavy (non-hydrogen) atoms. The van der Waals surface area contributed by atoms with E-state index in [4.69, 9.17) is 14.2 Å². The number of ether oxygens (including phenoxy) is 3. The van der Waals surface area contributed by atoms with E-state index in [2.05, 4.69) is 0 Å². The van der Waals surface area contributed by atoms with Gasteiger partial charge in [-0.15, -0.1) is 0 Å². The standard InChI is InChI=1S/C24H24O4/c25-20-14-19-23(27-22-16-12-11-15(13-16)21(22)26-19)28-24(20,17-7-3-1-4-8-17)18-9-5-2-6-10-18/h1-10,15-16,19,21-23H,11-14H2/t15-,16+,19-,21+,22-,23+/m0/s1. The van der Waals surface area contributed by atoms with Crippen LogP contribution in [0, 0.1) is 11.8 Å². The zero-order valence-corrected chi connectivity index (χ0v) is 15.7. The molecular weight excluding hydrogens is 352 g/mol. The molecule has 4 nitrogen and oxygen atoms in total. The maximum atomic E-state index is 13.6. The lowest BCUT2D eigenvalue weighted by Gasteiger charge is -2.50. The van der Waals surface area contributed by atoms with E-state index >= 15 is 0 Å². The summed E-state index contributed by atoms with van der Waals surface area (Å²) >= 11 is 0. The minimum atomic E-state index is -1.14. The molecule has 144 valence electrons. The van der Waals surface area contributed by atoms with Crippen LogP contribution in [0.1, 0.15) is 36.8 Å². The minimum Gasteiger partial charge on any atom is -0.366 e. The molecule has 2 aliphatic heterocycles. The number of Topliss-reactive ketones (excluding diaryl/α,β-unsaturated/α-hetero) is 1. The largest absolute Gasteiger partial charge is 0.366 e. The van der Waals surface area contributed by atoms with E-state index < -0.39 is 11.9 Å². The summed E-state index contributed by atoms with van der Waals surface area (Å²) in [5.74, 6) is 1.19. The molecule has 0 N–H and O–H groups in total. The Balaban J connectivity index is 1.41. The molecule has 0 spiro atoms. The normalized spacial score (nSPS) is 38.1. The van der Waals surface area contributed by atoms with Crippen molar-refractivity contribution in [2.45, 2.75) is 55.9 Å². The number of rotatable bonds is 2. The highest BCUT2D eigenvalue weighted by molar-refractivity contribution is 5.93. The van der Waals surface area contributed by atoms with Gasteiger partial charge in [0.05, 0.1) is 12.2 Å². The second kappa shape index (κ2) is 6.24. The molecule has 2 saturated heterocycles. The van der Waals surface area contributed by atoms with Crippen molar-refractivity contribution in [1.82, 2.24) is 0 Å². The monoisotopic (exact) mass is 376 g/mol. The van der Waals surface area contributed by atoms with Crippen LogP contribution in [0.3, 0.4) is 0 Å². The summed E-state index contributed by atoms with van der Waals surface area (Å²) in [6.45, 7) is 0. The average molecular weight is 376 g/mol. The van der Waals surface area contributed by atoms with Gasteiger partial charge in [0, 0.05) is 6.42 Å². The Labute approximate surface area is 164 Å². The van der Waals surface area contributed by atoms with Gasteiger partial charge in [-0.1, -0.05) is 60.7 Å². The predicted molar refractivity (Wildman–Crippen MR) is 103 cm³/mol. The minimum absolute atomic E-state index is 0.0383. The second-order valence-electron chi connectivity index (χ2n) is 8.60. The van der Waals surface area contributed by atoms with Crippen LogP contribution in [0.2, 0.25) is 0 Å². The molecule has 6 atom stereocenters. The third-order valence-corrected chi connectivity index (χ3v) is 7.13. The Kier molecular flexibility index (Phi) is 3.77. The number of fused-ring (bicyclic) bond motifs is 6. The van der Waals surface area contributed by atoms with Crippen LogP contribution < -0.4 is 0 Å². The SMILES string of the molecule is O=C1C[C@@H]2O[C@@H]3[C@H]4CC[C@H](C4)[C@@H]3O[C@@H]2OC1(c1ccccc1)c1ccccc1. The zero-order valence-electron chi connectivity index (χ0n) is 15.7. The Morgan fingerprint density at radius 1 is 0.786 bits per heavy atom. The van der Waals surface area contributed by atoms with Crippen molar-refractivity contribution in [2.24, 2.45) is 11.8 Å². The average Bonchev–Trinajstić information content (AvgIpc) is 3.35. The molecule has 0 amide bonds. The highest BCUT2D eigenvalue weighted by Gasteiger charge is 2.59. The Morgan fingerprint density at radius 2 is 1.36 bits per heavy atom. The van der Waals surface area contributed by atoms with Crippen LogP contribution in [-0.2, 0) is 24.6 Å². The highest BCUT2D eigenvalue weighted by Crippen LogP contribution is 2.53. The number of carbonyl (C=O) groups is 1. The molecule has 0 radical (unpaired) electrons. The maximum absolute atomic E-state index is 13.6. The molecule has 2 aromatic rings. The van der Waals surface area contributed by atoms with Gasteiger partial charge in [-0.25, -0.2) is 0 Å². The van der Waals surface area contributed by atoms with Crippen molar-refractivity contribution < 1.29 is 19.0 Å². The van der Waals surface area contributed by atoms with E-state index in [0.717, 1.165) is 11.1 Å². The summed E-state index contributed by atoms with van der Waals surface area (Å²) in [5.41, 5.74) is 0.559. The van der Waals surface area contributed by atoms with Crippen LogP contribution in [0.5, 0.6) is 0 Å². The first-order valence-corrected chi connectivity index (χ1v) is 10.4. The lowest BCUT2D eigenvalue weighted by atomic mass is 9.78. The first-order valence-electron chi connectivity index (χ1n) is 10.4. The van der Waals surface area contributed by atoms with Crippen molar-refractivity contribution in [1.29, 1.82) is 0 Å². The quantitative estimate of drug-likeness (QED) is 0.799. The molecule has 6 rings (SSSR count). The van der Waals surface area contributed by atoms with E-state index in [9.17, 15) is 4.79 Å². The van der Waals surface area contributed by atoms with E-state index in [1.807, 2.05) is 60.7 Å². The molecule has 4 fully saturated rings. The zero-order chi connectivity index (χ0) is 18.7. The summed E-state index contributed by atoms with van der Waals surface area (Å²) in [4.78, 5) is 13.6. The van der Waals surface area contributed by atoms with Gasteiger partial charge in [0.15, 0.2) is 17.7 Å². The lowest BCUT2D eigenvalue weighted by Crippen LogP contribution is -2.60. The number of benzene rings is 2. The fraction of sp³-hybridized carbons (Fsp3) is 0.458. The molecule has 0 aromatic heterocycles. The third-order valence-electron chi connectivity index (χ3n) is 7.13. The fourth-order valence-electron chi connectivity index (χ4n) is 5.86. The first-order chi connectivity index (χ1) is 13.8. The van der Waals surface area contributed by atoms with E-state index in [1.165, 1.54) is 19.3 Å². The van der Waals surface area contributed by atoms with Gasteiger partial charge in [0.25, 0.3) is 0 Å². The van der Waals surface area contributed by atoms with Gasteiger partial charge in [-0.2, -0.15) is 0 Å². The first kappa shape index (κ1) is 16.9. The van der Waals surface area contributed by atoms with E-state index in [0.29, 0.717) is 18.3 Å². The Hall–Kier alpha value is -2.01. The van der Waals surface area contributed by atoms with Crippen LogP contribution in [0.25, 0.3) is 0 Å². The molecule has 0 unspecified atom stereocenters. The second-order valence-corrected chi connectivity index (χ2v) is 8.60. The summed E-state index contributed by atoms with van der Waals surface area (Å²) in [5, 5.41) is 0. The molecular formula is C24H24O4. The molecule has 2 aromatic carbocycles. The van der Waals surface area contributed by atoms with Gasteiger partial charge >= 0.3 is 0 Å². The number of ketones is 1. The molecule has 2 saturated carbocycles. The molecule has 4 heteroatoms. The van der Waals surface area contributed by atoms with Gasteiger partial charge in [-0.3, -0.25) is 4.79 Å². The Morgan fingerprint density at radius 3 is 1.96 bits per heavy atom. The topological polar surface area (TPSA) is 44.8 Å². The summed E-state index contributed by atoms with van der Waals surface area (Å²) < 4.78 is 19.5. The Bertz CT molecular complexity index is 840. The van der Waals surface area contributed by atoms with Crippen molar-refractivity contribution >= 4 is 5.78 Å². The fourth-order valence-corrected chi connectivity index (χ4v) is 5.86. The summed E-state index contributed by atoms with van der Waals surface area (Å²) in [6, 6.07) is 19.6. The molecule has 4 aliphatic rings. The predicted octanol–water partition coefficient (Wildman–Crippen LogP) is 3.83. The van der Waals surface area contributed by atoms with Crippen LogP contribution in [-0.4, -0.2) is 30.4 Å². The summed E-state index contributed by atoms with van der Waals surface area (Å²) in [6.07, 6.45) is 3.36. The van der Waals surface area contributed by atoms with Gasteiger partial charge in [-0.05, 0) is 42.2 Å². The highest BCUT2D eigenvalue weighted by atomic mass is 16.7. The van der Waals surface area contributed by atoms with Crippen molar-refractivity contribution in [2.75, 3.05) is 0 Å². The van der Waals surface area contributed by atoms with Crippen molar-refractivity contribution in [3.05, 3.63) is 71.8 Å². The number of hydrogen-bond donors (Lipinski definition) is 0. The number of carbonyl (C=O) groups excluding carboxylic acids is 1. The van der Waals surface area contributed by atoms with Crippen LogP contribution in [0.4, 0.5) is 0 Å². The van der Waals surface area contributed by atoms with Gasteiger partial charge in [0.1, 0.15) is 6.10 Å². The van der Waals surface area contributed by atoms with Crippen LogP contribution in [0.15, 0.2) is 60.7 Å². The molecule has 2 heterocycles. The van der Waals surface area contributed by atoms with Gasteiger partial charge in [0.2, 0.25) is 0 Å². The maximum Gasteiger partial charge on any atom is 0.186 e. The lowest BCUT2D eigenvalue weighted by molar-refractivity contribution is -0.337. The van der Waals surface area contributed by atoms with E-state index in [-0.39, 0.29) is 24.1 Å². The smallest absolute Gasteiger partial charge is 0.186 e. The van der Waals surface area contributed by atoms with Gasteiger partial charge < -0.3 is 14.2 Å². The van der Waals surface area contributed by atoms with Crippen LogP contribution >= 0.6 is 0 Å². The van der Waals surface area contributed by atoms with E-state index in [1.54, 1.807) is 0 Å².